The molecule has 9 heteroatoms. The third-order valence-electron chi connectivity index (χ3n) is 5.27. The Hall–Kier alpha value is -2.97. The molecule has 31 heavy (non-hydrogen) atoms. The molecule has 0 atom stereocenters. The number of rotatable bonds is 2. The SMILES string of the molecule is Cc1cc(F)c(-c2c(C)c(F)c(F)c(F)c2F)c(F)c1-c1c(F)c(C)c(C)c(F)c1F. The van der Waals surface area contributed by atoms with E-state index >= 15 is 4.39 Å². The van der Waals surface area contributed by atoms with Crippen LogP contribution in [0, 0.1) is 80.0 Å². The van der Waals surface area contributed by atoms with Gasteiger partial charge < -0.3 is 0 Å². The molecule has 0 aromatic heterocycles. The Labute approximate surface area is 170 Å². The normalized spacial score (nSPS) is 11.4. The summed E-state index contributed by atoms with van der Waals surface area (Å²) in [4.78, 5) is 0. The van der Waals surface area contributed by atoms with Gasteiger partial charge in [-0.2, -0.15) is 0 Å². The van der Waals surface area contributed by atoms with Crippen molar-refractivity contribution in [3.8, 4) is 22.3 Å². The van der Waals surface area contributed by atoms with E-state index in [4.69, 9.17) is 0 Å². The lowest BCUT2D eigenvalue weighted by atomic mass is 9.89. The summed E-state index contributed by atoms with van der Waals surface area (Å²) in [6, 6.07) is 0.539. The van der Waals surface area contributed by atoms with Gasteiger partial charge in [0.2, 0.25) is 0 Å². The quantitative estimate of drug-likeness (QED) is 0.216. The van der Waals surface area contributed by atoms with Gasteiger partial charge in [-0.25, -0.2) is 39.5 Å². The maximum absolute atomic E-state index is 15.4. The van der Waals surface area contributed by atoms with Gasteiger partial charge in [-0.15, -0.1) is 0 Å². The lowest BCUT2D eigenvalue weighted by Crippen LogP contribution is -2.09. The standard InChI is InChI=1S/C22H13F9/c1-6-5-10(23)13(12-9(4)17(26)21(30)22(31)19(12)28)18(27)11(6)14-15(24)7(2)8(3)16(25)20(14)29/h5H,1-4H3. The predicted molar refractivity (Wildman–Crippen MR) is 95.9 cm³/mol. The van der Waals surface area contributed by atoms with Crippen LogP contribution in [0.2, 0.25) is 0 Å². The van der Waals surface area contributed by atoms with Crippen LogP contribution >= 0.6 is 0 Å². The van der Waals surface area contributed by atoms with Crippen LogP contribution in [0.25, 0.3) is 22.3 Å². The van der Waals surface area contributed by atoms with Gasteiger partial charge in [-0.3, -0.25) is 0 Å². The molecule has 0 aliphatic rings. The van der Waals surface area contributed by atoms with E-state index in [-0.39, 0.29) is 11.1 Å². The summed E-state index contributed by atoms with van der Waals surface area (Å²) < 4.78 is 129. The fraction of sp³-hybridized carbons (Fsp3) is 0.182. The van der Waals surface area contributed by atoms with E-state index in [1.807, 2.05) is 0 Å². The van der Waals surface area contributed by atoms with Gasteiger partial charge in [-0.05, 0) is 56.0 Å². The summed E-state index contributed by atoms with van der Waals surface area (Å²) in [5.74, 6) is -16.5. The monoisotopic (exact) mass is 448 g/mol. The van der Waals surface area contributed by atoms with Gasteiger partial charge >= 0.3 is 0 Å². The molecular formula is C22H13F9. The van der Waals surface area contributed by atoms with Gasteiger partial charge in [0.05, 0.1) is 11.1 Å². The van der Waals surface area contributed by atoms with Crippen LogP contribution in [-0.4, -0.2) is 0 Å². The molecule has 0 bridgehead atoms. The predicted octanol–water partition coefficient (Wildman–Crippen LogP) is 7.51. The van der Waals surface area contributed by atoms with E-state index < -0.39 is 85.7 Å². The molecule has 0 nitrogen and oxygen atoms in total. The van der Waals surface area contributed by atoms with Crippen LogP contribution in [-0.2, 0) is 0 Å². The molecular weight excluding hydrogens is 435 g/mol. The second kappa shape index (κ2) is 7.62. The van der Waals surface area contributed by atoms with Crippen molar-refractivity contribution in [1.29, 1.82) is 0 Å². The molecule has 0 heterocycles. The van der Waals surface area contributed by atoms with Crippen LogP contribution < -0.4 is 0 Å². The summed E-state index contributed by atoms with van der Waals surface area (Å²) >= 11 is 0. The maximum Gasteiger partial charge on any atom is 0.198 e. The molecule has 0 saturated heterocycles. The van der Waals surface area contributed by atoms with Gasteiger partial charge in [0, 0.05) is 11.1 Å². The first-order valence-electron chi connectivity index (χ1n) is 8.78. The van der Waals surface area contributed by atoms with Crippen molar-refractivity contribution in [2.24, 2.45) is 0 Å². The minimum absolute atomic E-state index is 0.361. The minimum Gasteiger partial charge on any atom is -0.206 e. The Kier molecular flexibility index (Phi) is 5.58. The van der Waals surface area contributed by atoms with E-state index in [0.29, 0.717) is 6.07 Å². The maximum atomic E-state index is 15.4. The van der Waals surface area contributed by atoms with E-state index in [1.165, 1.54) is 0 Å². The molecule has 3 aromatic carbocycles. The highest BCUT2D eigenvalue weighted by Crippen LogP contribution is 2.42. The third-order valence-corrected chi connectivity index (χ3v) is 5.27. The second-order valence-corrected chi connectivity index (χ2v) is 7.06. The van der Waals surface area contributed by atoms with Crippen LogP contribution in [0.1, 0.15) is 22.3 Å². The molecule has 0 amide bonds. The first kappa shape index (κ1) is 22.7. The van der Waals surface area contributed by atoms with Crippen LogP contribution in [0.15, 0.2) is 6.07 Å². The molecule has 0 aliphatic heterocycles. The second-order valence-electron chi connectivity index (χ2n) is 7.06. The van der Waals surface area contributed by atoms with Gasteiger partial charge in [0.25, 0.3) is 0 Å². The zero-order valence-corrected chi connectivity index (χ0v) is 16.5. The topological polar surface area (TPSA) is 0 Å². The molecule has 0 aliphatic carbocycles. The number of hydrogen-bond donors (Lipinski definition) is 0. The first-order valence-corrected chi connectivity index (χ1v) is 8.78. The average molecular weight is 448 g/mol. The lowest BCUT2D eigenvalue weighted by molar-refractivity contribution is 0.407. The van der Waals surface area contributed by atoms with Crippen molar-refractivity contribution in [2.75, 3.05) is 0 Å². The van der Waals surface area contributed by atoms with Crippen molar-refractivity contribution in [3.63, 3.8) is 0 Å². The summed E-state index contributed by atoms with van der Waals surface area (Å²) in [5.41, 5.74) is -6.99. The molecule has 164 valence electrons. The highest BCUT2D eigenvalue weighted by atomic mass is 19.2. The van der Waals surface area contributed by atoms with E-state index in [0.717, 1.165) is 27.7 Å². The van der Waals surface area contributed by atoms with Crippen molar-refractivity contribution in [1.82, 2.24) is 0 Å². The fourth-order valence-electron chi connectivity index (χ4n) is 3.42. The molecule has 0 saturated carbocycles. The Bertz CT molecular complexity index is 1110. The number of benzene rings is 3. The van der Waals surface area contributed by atoms with Crippen molar-refractivity contribution in [3.05, 3.63) is 80.7 Å². The molecule has 3 aromatic rings. The molecule has 0 radical (unpaired) electrons. The minimum atomic E-state index is -2.33. The Morgan fingerprint density at radius 3 is 1.42 bits per heavy atom. The summed E-state index contributed by atoms with van der Waals surface area (Å²) in [6.07, 6.45) is 0. The fourth-order valence-corrected chi connectivity index (χ4v) is 3.42. The number of hydrogen-bond acceptors (Lipinski definition) is 0. The Morgan fingerprint density at radius 2 is 0.839 bits per heavy atom. The molecule has 0 spiro atoms. The zero-order chi connectivity index (χ0) is 23.5. The molecule has 3 rings (SSSR count). The smallest absolute Gasteiger partial charge is 0.198 e. The summed E-state index contributed by atoms with van der Waals surface area (Å²) in [6.45, 7) is 3.98. The van der Waals surface area contributed by atoms with Crippen LogP contribution in [0.3, 0.4) is 0 Å². The number of halogens is 9. The summed E-state index contributed by atoms with van der Waals surface area (Å²) in [5, 5.41) is 0. The van der Waals surface area contributed by atoms with Crippen LogP contribution in [0.5, 0.6) is 0 Å². The molecule has 0 unspecified atom stereocenters. The van der Waals surface area contributed by atoms with Crippen LogP contribution in [0.4, 0.5) is 39.5 Å². The largest absolute Gasteiger partial charge is 0.206 e. The number of aryl methyl sites for hydroxylation is 1. The lowest BCUT2D eigenvalue weighted by Gasteiger charge is -2.18. The van der Waals surface area contributed by atoms with Crippen molar-refractivity contribution in [2.45, 2.75) is 27.7 Å². The first-order chi connectivity index (χ1) is 14.3. The van der Waals surface area contributed by atoms with E-state index in [9.17, 15) is 35.1 Å². The molecule has 0 fully saturated rings. The van der Waals surface area contributed by atoms with Crippen molar-refractivity contribution < 1.29 is 39.5 Å². The van der Waals surface area contributed by atoms with Gasteiger partial charge in [-0.1, -0.05) is 0 Å². The summed E-state index contributed by atoms with van der Waals surface area (Å²) in [7, 11) is 0. The highest BCUT2D eigenvalue weighted by molar-refractivity contribution is 5.80. The Morgan fingerprint density at radius 1 is 0.387 bits per heavy atom. The third kappa shape index (κ3) is 3.18. The highest BCUT2D eigenvalue weighted by Gasteiger charge is 2.32. The van der Waals surface area contributed by atoms with E-state index in [1.54, 1.807) is 0 Å². The Balaban J connectivity index is 2.52. The van der Waals surface area contributed by atoms with Gasteiger partial charge in [0.15, 0.2) is 34.9 Å². The van der Waals surface area contributed by atoms with Gasteiger partial charge in [0.1, 0.15) is 17.5 Å². The zero-order valence-electron chi connectivity index (χ0n) is 16.5. The van der Waals surface area contributed by atoms with E-state index in [2.05, 4.69) is 0 Å². The van der Waals surface area contributed by atoms with Crippen molar-refractivity contribution >= 4 is 0 Å². The molecule has 0 N–H and O–H groups in total. The average Bonchev–Trinajstić information content (AvgIpc) is 2.72.